The predicted molar refractivity (Wildman–Crippen MR) is 73.3 cm³/mol. The number of hydrogen-bond donors (Lipinski definition) is 3. The fourth-order valence-electron chi connectivity index (χ4n) is 1.50. The monoisotopic (exact) mass is 271 g/mol. The van der Waals surface area contributed by atoms with E-state index in [0.29, 0.717) is 18.6 Å². The quantitative estimate of drug-likeness (QED) is 0.533. The molecule has 0 rings (SSSR count). The summed E-state index contributed by atoms with van der Waals surface area (Å²) in [5, 5.41) is 5.01. The van der Waals surface area contributed by atoms with E-state index in [4.69, 9.17) is 5.73 Å². The van der Waals surface area contributed by atoms with Gasteiger partial charge in [-0.05, 0) is 18.3 Å². The zero-order valence-electron chi connectivity index (χ0n) is 12.1. The summed E-state index contributed by atoms with van der Waals surface area (Å²) in [6.45, 7) is 7.42. The number of rotatable bonds is 8. The highest BCUT2D eigenvalue weighted by Gasteiger charge is 2.18. The molecule has 0 heterocycles. The van der Waals surface area contributed by atoms with Crippen molar-refractivity contribution in [2.24, 2.45) is 17.6 Å². The molecule has 0 saturated carbocycles. The lowest BCUT2D eigenvalue weighted by Gasteiger charge is -2.17. The van der Waals surface area contributed by atoms with Crippen LogP contribution in [0.1, 0.15) is 34.1 Å². The summed E-state index contributed by atoms with van der Waals surface area (Å²) in [6.07, 6.45) is 1.29. The lowest BCUT2D eigenvalue weighted by atomic mass is 10.0. The average molecular weight is 271 g/mol. The van der Waals surface area contributed by atoms with Crippen LogP contribution in [0.2, 0.25) is 0 Å². The Kier molecular flexibility index (Phi) is 7.98. The molecule has 6 heteroatoms. The van der Waals surface area contributed by atoms with Gasteiger partial charge in [-0.15, -0.1) is 0 Å². The van der Waals surface area contributed by atoms with Gasteiger partial charge in [-0.25, -0.2) is 0 Å². The topological polar surface area (TPSA) is 101 Å². The number of nitrogens with two attached hydrogens (primary N) is 1. The molecule has 0 saturated heterocycles. The second kappa shape index (κ2) is 8.63. The maximum Gasteiger partial charge on any atom is 0.239 e. The van der Waals surface area contributed by atoms with Crippen molar-refractivity contribution in [3.63, 3.8) is 0 Å². The SMILES string of the molecule is CC(C)C[C@@H](C=O)NC(=O)CNC(=O)[C@@H](N)C(C)C. The van der Waals surface area contributed by atoms with Gasteiger partial charge in [0.15, 0.2) is 0 Å². The van der Waals surface area contributed by atoms with Gasteiger partial charge in [-0.3, -0.25) is 9.59 Å². The molecule has 4 N–H and O–H groups in total. The van der Waals surface area contributed by atoms with Gasteiger partial charge < -0.3 is 21.2 Å². The first-order valence-electron chi connectivity index (χ1n) is 6.55. The average Bonchev–Trinajstić information content (AvgIpc) is 2.33. The normalized spacial score (nSPS) is 14.1. The summed E-state index contributed by atoms with van der Waals surface area (Å²) in [7, 11) is 0. The zero-order chi connectivity index (χ0) is 15.0. The van der Waals surface area contributed by atoms with E-state index in [2.05, 4.69) is 10.6 Å². The largest absolute Gasteiger partial charge is 0.346 e. The Balaban J connectivity index is 4.11. The van der Waals surface area contributed by atoms with E-state index in [9.17, 15) is 14.4 Å². The van der Waals surface area contributed by atoms with Gasteiger partial charge >= 0.3 is 0 Å². The van der Waals surface area contributed by atoms with Crippen molar-refractivity contribution in [3.05, 3.63) is 0 Å². The van der Waals surface area contributed by atoms with Crippen molar-refractivity contribution in [1.82, 2.24) is 10.6 Å². The van der Waals surface area contributed by atoms with E-state index < -0.39 is 12.1 Å². The van der Waals surface area contributed by atoms with Crippen LogP contribution in [0.3, 0.4) is 0 Å². The molecule has 2 atom stereocenters. The molecule has 0 aliphatic carbocycles. The number of carbonyl (C=O) groups excluding carboxylic acids is 3. The molecule has 0 radical (unpaired) electrons. The molecule has 2 amide bonds. The second-order valence-electron chi connectivity index (χ2n) is 5.43. The summed E-state index contributed by atoms with van der Waals surface area (Å²) in [5.41, 5.74) is 5.64. The second-order valence-corrected chi connectivity index (χ2v) is 5.43. The number of aldehydes is 1. The number of amides is 2. The van der Waals surface area contributed by atoms with Crippen LogP contribution in [0.25, 0.3) is 0 Å². The highest BCUT2D eigenvalue weighted by atomic mass is 16.2. The Morgan fingerprint density at radius 3 is 2.21 bits per heavy atom. The highest BCUT2D eigenvalue weighted by molar-refractivity contribution is 5.88. The molecule has 110 valence electrons. The first kappa shape index (κ1) is 17.6. The Morgan fingerprint density at radius 1 is 1.21 bits per heavy atom. The molecule has 19 heavy (non-hydrogen) atoms. The molecular formula is C13H25N3O3. The minimum Gasteiger partial charge on any atom is -0.346 e. The van der Waals surface area contributed by atoms with Crippen LogP contribution >= 0.6 is 0 Å². The van der Waals surface area contributed by atoms with E-state index in [0.717, 1.165) is 0 Å². The molecule has 0 aliphatic heterocycles. The summed E-state index contributed by atoms with van der Waals surface area (Å²) >= 11 is 0. The molecule has 0 aromatic carbocycles. The summed E-state index contributed by atoms with van der Waals surface area (Å²) in [5.74, 6) is -0.440. The molecule has 0 fully saturated rings. The fraction of sp³-hybridized carbons (Fsp3) is 0.769. The van der Waals surface area contributed by atoms with Gasteiger partial charge in [-0.2, -0.15) is 0 Å². The third kappa shape index (κ3) is 7.56. The van der Waals surface area contributed by atoms with Crippen molar-refractivity contribution in [3.8, 4) is 0 Å². The smallest absolute Gasteiger partial charge is 0.239 e. The summed E-state index contributed by atoms with van der Waals surface area (Å²) in [6, 6.07) is -1.14. The Hall–Kier alpha value is -1.43. The minimum atomic E-state index is -0.634. The van der Waals surface area contributed by atoms with Crippen LogP contribution in [0.4, 0.5) is 0 Å². The maximum atomic E-state index is 11.6. The first-order chi connectivity index (χ1) is 8.77. The van der Waals surface area contributed by atoms with Gasteiger partial charge in [0.1, 0.15) is 6.29 Å². The number of carbonyl (C=O) groups is 3. The van der Waals surface area contributed by atoms with Crippen LogP contribution in [0.15, 0.2) is 0 Å². The Morgan fingerprint density at radius 2 is 1.79 bits per heavy atom. The Labute approximate surface area is 114 Å². The molecule has 0 spiro atoms. The number of nitrogens with one attached hydrogen (secondary N) is 2. The van der Waals surface area contributed by atoms with Crippen LogP contribution in [0, 0.1) is 11.8 Å². The van der Waals surface area contributed by atoms with Crippen molar-refractivity contribution < 1.29 is 14.4 Å². The highest BCUT2D eigenvalue weighted by Crippen LogP contribution is 2.02. The van der Waals surface area contributed by atoms with Crippen molar-refractivity contribution >= 4 is 18.1 Å². The third-order valence-corrected chi connectivity index (χ3v) is 2.68. The van der Waals surface area contributed by atoms with Gasteiger partial charge in [0.25, 0.3) is 0 Å². The maximum absolute atomic E-state index is 11.6. The molecule has 0 unspecified atom stereocenters. The van der Waals surface area contributed by atoms with Gasteiger partial charge in [0.05, 0.1) is 18.6 Å². The molecule has 0 aromatic heterocycles. The fourth-order valence-corrected chi connectivity index (χ4v) is 1.50. The first-order valence-corrected chi connectivity index (χ1v) is 6.55. The van der Waals surface area contributed by atoms with Crippen LogP contribution in [-0.2, 0) is 14.4 Å². The van der Waals surface area contributed by atoms with Crippen molar-refractivity contribution in [2.45, 2.75) is 46.2 Å². The predicted octanol–water partition coefficient (Wildman–Crippen LogP) is -0.184. The van der Waals surface area contributed by atoms with Crippen LogP contribution in [-0.4, -0.2) is 36.7 Å². The van der Waals surface area contributed by atoms with Gasteiger partial charge in [0.2, 0.25) is 11.8 Å². The molecule has 0 aliphatic rings. The Bertz CT molecular complexity index is 316. The molecule has 6 nitrogen and oxygen atoms in total. The molecule has 0 bridgehead atoms. The summed E-state index contributed by atoms with van der Waals surface area (Å²) in [4.78, 5) is 33.9. The number of hydrogen-bond acceptors (Lipinski definition) is 4. The van der Waals surface area contributed by atoms with Gasteiger partial charge in [-0.1, -0.05) is 27.7 Å². The third-order valence-electron chi connectivity index (χ3n) is 2.68. The van der Waals surface area contributed by atoms with Gasteiger partial charge in [0, 0.05) is 0 Å². The van der Waals surface area contributed by atoms with E-state index in [-0.39, 0.29) is 24.3 Å². The van der Waals surface area contributed by atoms with Crippen LogP contribution in [0.5, 0.6) is 0 Å². The lowest BCUT2D eigenvalue weighted by molar-refractivity contribution is -0.128. The van der Waals surface area contributed by atoms with Crippen molar-refractivity contribution in [1.29, 1.82) is 0 Å². The van der Waals surface area contributed by atoms with E-state index in [1.165, 1.54) is 0 Å². The van der Waals surface area contributed by atoms with Crippen LogP contribution < -0.4 is 16.4 Å². The van der Waals surface area contributed by atoms with E-state index in [1.54, 1.807) is 0 Å². The van der Waals surface area contributed by atoms with Crippen molar-refractivity contribution in [2.75, 3.05) is 6.54 Å². The van der Waals surface area contributed by atoms with E-state index in [1.807, 2.05) is 27.7 Å². The zero-order valence-corrected chi connectivity index (χ0v) is 12.1. The molecule has 0 aromatic rings. The minimum absolute atomic E-state index is 0.00623. The standard InChI is InChI=1S/C13H25N3O3/c1-8(2)5-10(7-17)16-11(18)6-15-13(19)12(14)9(3)4/h7-10,12H,5-6,14H2,1-4H3,(H,15,19)(H,16,18)/t10-,12-/m0/s1. The summed E-state index contributed by atoms with van der Waals surface area (Å²) < 4.78 is 0. The van der Waals surface area contributed by atoms with E-state index >= 15 is 0 Å². The lowest BCUT2D eigenvalue weighted by Crippen LogP contribution is -2.48. The molecular weight excluding hydrogens is 246 g/mol.